The van der Waals surface area contributed by atoms with Crippen LogP contribution in [0.2, 0.25) is 0 Å². The van der Waals surface area contributed by atoms with Crippen molar-refractivity contribution in [3.63, 3.8) is 0 Å². The van der Waals surface area contributed by atoms with Crippen LogP contribution in [-0.4, -0.2) is 8.07 Å². The zero-order valence-corrected chi connectivity index (χ0v) is 54.3. The van der Waals surface area contributed by atoms with Crippen LogP contribution in [0.25, 0.3) is 87.3 Å². The minimum Gasteiger partial charge on any atom is -0.454 e. The van der Waals surface area contributed by atoms with E-state index in [0.717, 1.165) is 127 Å². The maximum absolute atomic E-state index is 7.42. The van der Waals surface area contributed by atoms with Gasteiger partial charge in [0, 0.05) is 43.4 Å². The van der Waals surface area contributed by atoms with E-state index in [4.69, 9.17) is 8.83 Å². The molecular formula is C92H62N2O2Si. The molecule has 2 aromatic heterocycles. The van der Waals surface area contributed by atoms with Crippen molar-refractivity contribution in [3.05, 3.63) is 386 Å². The molecule has 19 rings (SSSR count). The first-order valence-electron chi connectivity index (χ1n) is 33.5. The Bertz CT molecular complexity index is 5960. The van der Waals surface area contributed by atoms with Crippen LogP contribution in [0.4, 0.5) is 34.1 Å². The third-order valence-electron chi connectivity index (χ3n) is 20.6. The molecule has 456 valence electrons. The van der Waals surface area contributed by atoms with E-state index >= 15 is 0 Å². The zero-order chi connectivity index (χ0) is 64.2. The number of para-hydroxylation sites is 2. The lowest BCUT2D eigenvalue weighted by atomic mass is 9.67. The van der Waals surface area contributed by atoms with Crippen molar-refractivity contribution < 1.29 is 8.83 Å². The van der Waals surface area contributed by atoms with E-state index in [1.165, 1.54) is 43.0 Å². The summed E-state index contributed by atoms with van der Waals surface area (Å²) >= 11 is 0. The summed E-state index contributed by atoms with van der Waals surface area (Å²) in [6, 6.07) is 133. The molecule has 0 amide bonds. The molecule has 0 fully saturated rings. The van der Waals surface area contributed by atoms with Crippen molar-refractivity contribution in [1.29, 1.82) is 0 Å². The molecule has 0 saturated carbocycles. The minimum absolute atomic E-state index is 0.815. The lowest BCUT2D eigenvalue weighted by Crippen LogP contribution is -2.74. The van der Waals surface area contributed by atoms with Gasteiger partial charge in [-0.1, -0.05) is 291 Å². The van der Waals surface area contributed by atoms with Crippen molar-refractivity contribution in [2.75, 3.05) is 9.80 Å². The Balaban J connectivity index is 0.944. The van der Waals surface area contributed by atoms with Gasteiger partial charge in [0.05, 0.1) is 33.9 Å². The first-order valence-corrected chi connectivity index (χ1v) is 35.5. The summed E-state index contributed by atoms with van der Waals surface area (Å²) in [5, 5.41) is 16.3. The highest BCUT2D eigenvalue weighted by molar-refractivity contribution is 7.20. The first kappa shape index (κ1) is 56.3. The van der Waals surface area contributed by atoms with Crippen LogP contribution in [-0.2, 0) is 5.41 Å². The Labute approximate surface area is 563 Å². The van der Waals surface area contributed by atoms with Gasteiger partial charge in [-0.3, -0.25) is 0 Å². The molecule has 2 heterocycles. The van der Waals surface area contributed by atoms with E-state index in [-0.39, 0.29) is 0 Å². The number of aryl methyl sites for hydroxylation is 1. The molecule has 18 aromatic rings. The third kappa shape index (κ3) is 8.55. The standard InChI is InChI=1S/C92H62N2O2Si/c1-61-55-78-74-46-23-25-51-87(74)95-90(78)85(56-61)94(83-50-28-32-63-30-18-20-44-72(63)83)84-60-81-89(76-48-22-21-45-73(76)84)77-54-53-66(57-80(77)92(81,64-33-7-2-8-34-64)65-35-9-3-10-36-65)93(82-49-27-31-62-29-17-19-43-71(62)82)86-59-70(58-79-75-47-24-26-52-88(75)96-91(79)86)97(67-37-11-4-12-38-67,68-39-13-5-14-40-68)69-41-15-6-16-42-69/h2-60H,1H3. The largest absolute Gasteiger partial charge is 0.454 e. The number of nitrogens with zero attached hydrogens (tertiary/aromatic N) is 2. The second-order valence-corrected chi connectivity index (χ2v) is 29.6. The fourth-order valence-electron chi connectivity index (χ4n) is 16.6. The smallest absolute Gasteiger partial charge is 0.179 e. The van der Waals surface area contributed by atoms with Crippen molar-refractivity contribution in [2.24, 2.45) is 0 Å². The van der Waals surface area contributed by atoms with Gasteiger partial charge in [0.25, 0.3) is 0 Å². The highest BCUT2D eigenvalue weighted by Gasteiger charge is 2.49. The zero-order valence-electron chi connectivity index (χ0n) is 53.3. The van der Waals surface area contributed by atoms with E-state index < -0.39 is 13.5 Å². The summed E-state index contributed by atoms with van der Waals surface area (Å²) in [5.74, 6) is 0. The molecule has 97 heavy (non-hydrogen) atoms. The van der Waals surface area contributed by atoms with Gasteiger partial charge in [-0.25, -0.2) is 0 Å². The number of rotatable bonds is 12. The normalized spacial score (nSPS) is 12.7. The predicted octanol–water partition coefficient (Wildman–Crippen LogP) is 21.9. The molecule has 5 heteroatoms. The van der Waals surface area contributed by atoms with Crippen molar-refractivity contribution in [2.45, 2.75) is 12.3 Å². The second kappa shape index (κ2) is 22.5. The molecule has 0 unspecified atom stereocenters. The number of benzene rings is 16. The first-order chi connectivity index (χ1) is 48.0. The third-order valence-corrected chi connectivity index (χ3v) is 25.4. The van der Waals surface area contributed by atoms with Gasteiger partial charge in [0.2, 0.25) is 0 Å². The van der Waals surface area contributed by atoms with Gasteiger partial charge in [-0.05, 0) is 150 Å². The Hall–Kier alpha value is -12.3. The second-order valence-electron chi connectivity index (χ2n) is 25.8. The number of hydrogen-bond donors (Lipinski definition) is 0. The molecule has 0 aliphatic heterocycles. The summed E-state index contributed by atoms with van der Waals surface area (Å²) in [7, 11) is -3.19. The highest BCUT2D eigenvalue weighted by atomic mass is 28.3. The fraction of sp³-hybridized carbons (Fsp3) is 0.0217. The Morgan fingerprint density at radius 2 is 0.711 bits per heavy atom. The molecule has 0 radical (unpaired) electrons. The molecule has 0 bridgehead atoms. The maximum atomic E-state index is 7.42. The quantitative estimate of drug-likeness (QED) is 0.0901. The van der Waals surface area contributed by atoms with Crippen LogP contribution in [0.15, 0.2) is 367 Å². The van der Waals surface area contributed by atoms with Gasteiger partial charge < -0.3 is 18.6 Å². The molecule has 0 saturated heterocycles. The van der Waals surface area contributed by atoms with E-state index in [1.807, 2.05) is 0 Å². The number of hydrogen-bond acceptors (Lipinski definition) is 4. The van der Waals surface area contributed by atoms with Gasteiger partial charge in [0.15, 0.2) is 19.2 Å². The van der Waals surface area contributed by atoms with E-state index in [9.17, 15) is 0 Å². The Morgan fingerprint density at radius 1 is 0.278 bits per heavy atom. The molecule has 0 atom stereocenters. The molecule has 16 aromatic carbocycles. The maximum Gasteiger partial charge on any atom is 0.179 e. The average molecular weight is 1260 g/mol. The SMILES string of the molecule is Cc1cc(N(c2cccc3ccccc23)c2cc3c(c4ccccc24)-c2ccc(N(c4cccc5ccccc45)c4cc([Si](c5ccccc5)(c5ccccc5)c5ccccc5)cc5c4oc4ccccc45)cc2C3(c2ccccc2)c2ccccc2)c2oc3ccccc3c2c1. The van der Waals surface area contributed by atoms with Gasteiger partial charge in [0.1, 0.15) is 11.2 Å². The lowest BCUT2D eigenvalue weighted by molar-refractivity contribution is 0.668. The van der Waals surface area contributed by atoms with Crippen molar-refractivity contribution in [1.82, 2.24) is 0 Å². The monoisotopic (exact) mass is 1250 g/mol. The topological polar surface area (TPSA) is 32.8 Å². The molecule has 0 N–H and O–H groups in total. The number of fused-ring (bicyclic) bond motifs is 13. The number of furan rings is 2. The summed E-state index contributed by atoms with van der Waals surface area (Å²) in [5.41, 5.74) is 16.7. The summed E-state index contributed by atoms with van der Waals surface area (Å²) in [6.45, 7) is 2.21. The number of anilines is 6. The minimum atomic E-state index is -3.19. The van der Waals surface area contributed by atoms with Crippen LogP contribution >= 0.6 is 0 Å². The van der Waals surface area contributed by atoms with Crippen LogP contribution < -0.4 is 30.5 Å². The van der Waals surface area contributed by atoms with Gasteiger partial charge >= 0.3 is 0 Å². The Kier molecular flexibility index (Phi) is 13.0. The van der Waals surface area contributed by atoms with Crippen molar-refractivity contribution >= 4 is 139 Å². The molecule has 1 aliphatic rings. The van der Waals surface area contributed by atoms with Gasteiger partial charge in [-0.2, -0.15) is 0 Å². The van der Waals surface area contributed by atoms with E-state index in [0.29, 0.717) is 0 Å². The molecule has 0 spiro atoms. The molecule has 4 nitrogen and oxygen atoms in total. The van der Waals surface area contributed by atoms with Crippen LogP contribution in [0.5, 0.6) is 0 Å². The Morgan fingerprint density at radius 3 is 1.26 bits per heavy atom. The summed E-state index contributed by atoms with van der Waals surface area (Å²) in [4.78, 5) is 5.04. The van der Waals surface area contributed by atoms with E-state index in [1.54, 1.807) is 0 Å². The van der Waals surface area contributed by atoms with E-state index in [2.05, 4.69) is 375 Å². The highest BCUT2D eigenvalue weighted by Crippen LogP contribution is 2.62. The summed E-state index contributed by atoms with van der Waals surface area (Å²) in [6.07, 6.45) is 0. The van der Waals surface area contributed by atoms with Crippen molar-refractivity contribution in [3.8, 4) is 11.1 Å². The predicted molar refractivity (Wildman–Crippen MR) is 409 cm³/mol. The average Bonchev–Trinajstić information content (AvgIpc) is 1.58. The van der Waals surface area contributed by atoms with Gasteiger partial charge in [-0.15, -0.1) is 0 Å². The van der Waals surface area contributed by atoms with Crippen LogP contribution in [0, 0.1) is 6.92 Å². The molecule has 1 aliphatic carbocycles. The lowest BCUT2D eigenvalue weighted by Gasteiger charge is -2.37. The summed E-state index contributed by atoms with van der Waals surface area (Å²) < 4.78 is 14.6. The fourth-order valence-corrected chi connectivity index (χ4v) is 21.4. The molecular weight excluding hydrogens is 1190 g/mol. The van der Waals surface area contributed by atoms with Crippen LogP contribution in [0.3, 0.4) is 0 Å². The van der Waals surface area contributed by atoms with Crippen LogP contribution in [0.1, 0.15) is 27.8 Å².